The van der Waals surface area contributed by atoms with Crippen LogP contribution >= 0.6 is 0 Å². The zero-order valence-electron chi connectivity index (χ0n) is 16.7. The number of nitrogens with zero attached hydrogens (tertiary/aromatic N) is 3. The molecule has 0 aliphatic carbocycles. The molecule has 0 unspecified atom stereocenters. The number of aromatic nitrogens is 2. The van der Waals surface area contributed by atoms with Crippen LogP contribution in [0.2, 0.25) is 0 Å². The number of piperidine rings is 1. The van der Waals surface area contributed by atoms with E-state index in [-0.39, 0.29) is 11.9 Å². The number of likely N-dealkylation sites (tertiary alicyclic amines) is 1. The van der Waals surface area contributed by atoms with Gasteiger partial charge in [0.05, 0.1) is 11.0 Å². The standard InChI is InChI=1S/C23H26FN3O2/c1-2-23-25-19-10-9-16(24)12-20(19)27(23)17-6-5-11-26(13-17)14-18-15-28-21-7-3-4-8-22(21)29-18/h3-4,7-10,12,17-18H,2,5-6,11,13-15H2,1H3/t17-,18-/m0/s1. The summed E-state index contributed by atoms with van der Waals surface area (Å²) >= 11 is 0. The van der Waals surface area contributed by atoms with E-state index in [1.165, 1.54) is 6.07 Å². The Bertz CT molecular complexity index is 1020. The zero-order chi connectivity index (χ0) is 19.8. The van der Waals surface area contributed by atoms with E-state index in [2.05, 4.69) is 16.4 Å². The number of rotatable bonds is 4. The number of aryl methyl sites for hydroxylation is 1. The van der Waals surface area contributed by atoms with Crippen LogP contribution in [0.25, 0.3) is 11.0 Å². The summed E-state index contributed by atoms with van der Waals surface area (Å²) in [6.45, 7) is 5.46. The summed E-state index contributed by atoms with van der Waals surface area (Å²) in [5, 5.41) is 0. The summed E-state index contributed by atoms with van der Waals surface area (Å²) in [6, 6.07) is 13.0. The van der Waals surface area contributed by atoms with Crippen molar-refractivity contribution >= 4 is 11.0 Å². The molecule has 2 aliphatic rings. The van der Waals surface area contributed by atoms with Crippen molar-refractivity contribution < 1.29 is 13.9 Å². The molecule has 1 fully saturated rings. The Hall–Kier alpha value is -2.60. The van der Waals surface area contributed by atoms with Crippen LogP contribution in [0.15, 0.2) is 42.5 Å². The van der Waals surface area contributed by atoms with Crippen molar-refractivity contribution in [2.75, 3.05) is 26.2 Å². The minimum absolute atomic E-state index is 0.0197. The second-order valence-corrected chi connectivity index (χ2v) is 7.94. The minimum atomic E-state index is -0.208. The van der Waals surface area contributed by atoms with Gasteiger partial charge in [0, 0.05) is 25.6 Å². The van der Waals surface area contributed by atoms with E-state index in [1.807, 2.05) is 24.3 Å². The number of halogens is 1. The summed E-state index contributed by atoms with van der Waals surface area (Å²) in [7, 11) is 0. The maximum Gasteiger partial charge on any atom is 0.161 e. The topological polar surface area (TPSA) is 39.5 Å². The molecule has 5 nitrogen and oxygen atoms in total. The molecule has 5 rings (SSSR count). The number of benzene rings is 2. The fraction of sp³-hybridized carbons (Fsp3) is 0.435. The highest BCUT2D eigenvalue weighted by Crippen LogP contribution is 2.32. The third kappa shape index (κ3) is 3.57. The van der Waals surface area contributed by atoms with Gasteiger partial charge in [-0.2, -0.15) is 0 Å². The fourth-order valence-electron chi connectivity index (χ4n) is 4.62. The van der Waals surface area contributed by atoms with Gasteiger partial charge >= 0.3 is 0 Å². The predicted molar refractivity (Wildman–Crippen MR) is 110 cm³/mol. The van der Waals surface area contributed by atoms with Crippen LogP contribution < -0.4 is 9.47 Å². The van der Waals surface area contributed by atoms with Gasteiger partial charge in [-0.25, -0.2) is 9.37 Å². The molecule has 6 heteroatoms. The first kappa shape index (κ1) is 18.4. The molecule has 2 atom stereocenters. The molecule has 1 aromatic heterocycles. The van der Waals surface area contributed by atoms with E-state index in [9.17, 15) is 4.39 Å². The molecule has 0 radical (unpaired) electrons. The van der Waals surface area contributed by atoms with Crippen LogP contribution in [-0.2, 0) is 6.42 Å². The number of fused-ring (bicyclic) bond motifs is 2. The highest BCUT2D eigenvalue weighted by atomic mass is 19.1. The molecule has 0 spiro atoms. The molecule has 152 valence electrons. The van der Waals surface area contributed by atoms with Crippen molar-refractivity contribution in [3.8, 4) is 11.5 Å². The van der Waals surface area contributed by atoms with Crippen molar-refractivity contribution in [1.82, 2.24) is 14.5 Å². The van der Waals surface area contributed by atoms with Crippen LogP contribution in [0, 0.1) is 5.82 Å². The van der Waals surface area contributed by atoms with Crippen LogP contribution in [-0.4, -0.2) is 46.8 Å². The molecule has 2 aliphatic heterocycles. The largest absolute Gasteiger partial charge is 0.486 e. The van der Waals surface area contributed by atoms with E-state index >= 15 is 0 Å². The van der Waals surface area contributed by atoms with Crippen LogP contribution in [0.5, 0.6) is 11.5 Å². The Morgan fingerprint density at radius 3 is 2.90 bits per heavy atom. The summed E-state index contributed by atoms with van der Waals surface area (Å²) in [5.41, 5.74) is 1.78. The van der Waals surface area contributed by atoms with E-state index < -0.39 is 0 Å². The third-order valence-electron chi connectivity index (χ3n) is 5.92. The number of ether oxygens (including phenoxy) is 2. The van der Waals surface area contributed by atoms with E-state index in [4.69, 9.17) is 14.5 Å². The quantitative estimate of drug-likeness (QED) is 0.663. The lowest BCUT2D eigenvalue weighted by Crippen LogP contribution is -2.45. The van der Waals surface area contributed by atoms with Gasteiger partial charge in [-0.05, 0) is 49.7 Å². The van der Waals surface area contributed by atoms with E-state index in [0.29, 0.717) is 12.6 Å². The molecule has 0 saturated carbocycles. The molecule has 0 bridgehead atoms. The first-order chi connectivity index (χ1) is 14.2. The molecule has 29 heavy (non-hydrogen) atoms. The lowest BCUT2D eigenvalue weighted by molar-refractivity contribution is 0.0462. The van der Waals surface area contributed by atoms with Gasteiger partial charge in [0.15, 0.2) is 11.5 Å². The monoisotopic (exact) mass is 395 g/mol. The van der Waals surface area contributed by atoms with Crippen molar-refractivity contribution in [2.24, 2.45) is 0 Å². The highest BCUT2D eigenvalue weighted by molar-refractivity contribution is 5.76. The van der Waals surface area contributed by atoms with E-state index in [1.54, 1.807) is 12.1 Å². The van der Waals surface area contributed by atoms with Gasteiger partial charge in [0.2, 0.25) is 0 Å². The molecule has 0 N–H and O–H groups in total. The number of para-hydroxylation sites is 2. The van der Waals surface area contributed by atoms with Crippen molar-refractivity contribution in [2.45, 2.75) is 38.3 Å². The Morgan fingerprint density at radius 1 is 1.17 bits per heavy atom. The molecule has 0 amide bonds. The van der Waals surface area contributed by atoms with Gasteiger partial charge in [-0.15, -0.1) is 0 Å². The maximum absolute atomic E-state index is 13.9. The molecule has 1 saturated heterocycles. The first-order valence-corrected chi connectivity index (χ1v) is 10.5. The van der Waals surface area contributed by atoms with Crippen LogP contribution in [0.4, 0.5) is 4.39 Å². The SMILES string of the molecule is CCc1nc2ccc(F)cc2n1[C@H]1CCCN(C[C@H]2COc3ccccc3O2)C1. The molecular formula is C23H26FN3O2. The molecule has 2 aromatic carbocycles. The second kappa shape index (κ2) is 7.67. The van der Waals surface area contributed by atoms with Crippen molar-refractivity contribution in [3.05, 3.63) is 54.1 Å². The number of hydrogen-bond acceptors (Lipinski definition) is 4. The van der Waals surface area contributed by atoms with Crippen molar-refractivity contribution in [3.63, 3.8) is 0 Å². The van der Waals surface area contributed by atoms with Gasteiger partial charge in [0.25, 0.3) is 0 Å². The maximum atomic E-state index is 13.9. The smallest absolute Gasteiger partial charge is 0.161 e. The predicted octanol–water partition coefficient (Wildman–Crippen LogP) is 4.21. The van der Waals surface area contributed by atoms with Gasteiger partial charge in [0.1, 0.15) is 24.4 Å². The summed E-state index contributed by atoms with van der Waals surface area (Å²) < 4.78 is 28.2. The Balaban J connectivity index is 1.34. The van der Waals surface area contributed by atoms with E-state index in [0.717, 1.165) is 67.3 Å². The summed E-state index contributed by atoms with van der Waals surface area (Å²) in [6.07, 6.45) is 3.04. The fourth-order valence-corrected chi connectivity index (χ4v) is 4.62. The minimum Gasteiger partial charge on any atom is -0.486 e. The average Bonchev–Trinajstić information content (AvgIpc) is 3.11. The Labute approximate surface area is 170 Å². The van der Waals surface area contributed by atoms with Crippen LogP contribution in [0.3, 0.4) is 0 Å². The van der Waals surface area contributed by atoms with Gasteiger partial charge in [-0.3, -0.25) is 4.90 Å². The highest BCUT2D eigenvalue weighted by Gasteiger charge is 2.29. The normalized spacial score (nSPS) is 22.1. The lowest BCUT2D eigenvalue weighted by Gasteiger charge is -2.37. The molecular weight excluding hydrogens is 369 g/mol. The lowest BCUT2D eigenvalue weighted by atomic mass is 10.0. The summed E-state index contributed by atoms with van der Waals surface area (Å²) in [5.74, 6) is 2.46. The first-order valence-electron chi connectivity index (χ1n) is 10.5. The average molecular weight is 395 g/mol. The molecule has 3 heterocycles. The van der Waals surface area contributed by atoms with Crippen LogP contribution in [0.1, 0.15) is 31.6 Å². The zero-order valence-corrected chi connectivity index (χ0v) is 16.7. The molecule has 3 aromatic rings. The van der Waals surface area contributed by atoms with Gasteiger partial charge < -0.3 is 14.0 Å². The number of hydrogen-bond donors (Lipinski definition) is 0. The van der Waals surface area contributed by atoms with Gasteiger partial charge in [-0.1, -0.05) is 19.1 Å². The Morgan fingerprint density at radius 2 is 2.03 bits per heavy atom. The second-order valence-electron chi connectivity index (χ2n) is 7.94. The summed E-state index contributed by atoms with van der Waals surface area (Å²) in [4.78, 5) is 7.19. The van der Waals surface area contributed by atoms with Crippen molar-refractivity contribution in [1.29, 1.82) is 0 Å². The third-order valence-corrected chi connectivity index (χ3v) is 5.92. The number of imidazole rings is 1. The Kier molecular flexibility index (Phi) is 4.87.